The summed E-state index contributed by atoms with van der Waals surface area (Å²) in [6, 6.07) is 1.42. The third kappa shape index (κ3) is 6.84. The van der Waals surface area contributed by atoms with Gasteiger partial charge in [-0.1, -0.05) is 0 Å². The number of hydrogen-bond acceptors (Lipinski definition) is 4. The minimum absolute atomic E-state index is 0. The van der Waals surface area contributed by atoms with E-state index in [4.69, 9.17) is 0 Å². The number of hydrogen-bond donors (Lipinski definition) is 2. The number of aliphatic imine (C=N–C) groups is 1. The molecule has 1 aromatic rings. The van der Waals surface area contributed by atoms with E-state index >= 15 is 0 Å². The van der Waals surface area contributed by atoms with Gasteiger partial charge in [-0.3, -0.25) is 4.90 Å². The van der Waals surface area contributed by atoms with Crippen molar-refractivity contribution in [2.75, 3.05) is 19.6 Å². The number of guanidine groups is 1. The Balaban J connectivity index is 0.00000288. The number of aryl methyl sites for hydroxylation is 2. The molecule has 1 aromatic heterocycles. The lowest BCUT2D eigenvalue weighted by Gasteiger charge is -2.26. The molecule has 0 saturated heterocycles. The molecule has 1 fully saturated rings. The van der Waals surface area contributed by atoms with Gasteiger partial charge in [-0.05, 0) is 47.5 Å². The minimum atomic E-state index is 0. The maximum absolute atomic E-state index is 4.66. The highest BCUT2D eigenvalue weighted by atomic mass is 127. The van der Waals surface area contributed by atoms with Crippen molar-refractivity contribution in [3.8, 4) is 0 Å². The normalized spacial score (nSPS) is 14.9. The maximum atomic E-state index is 4.66. The first kappa shape index (κ1) is 21.6. The van der Waals surface area contributed by atoms with Gasteiger partial charge < -0.3 is 10.6 Å². The first-order valence-electron chi connectivity index (χ1n) is 8.72. The summed E-state index contributed by atoms with van der Waals surface area (Å²) in [7, 11) is 0. The van der Waals surface area contributed by atoms with E-state index in [-0.39, 0.29) is 24.0 Å². The number of nitrogens with zero attached hydrogens (tertiary/aromatic N) is 3. The molecule has 0 atom stereocenters. The third-order valence-electron chi connectivity index (χ3n) is 4.13. The van der Waals surface area contributed by atoms with Crippen LogP contribution < -0.4 is 10.6 Å². The largest absolute Gasteiger partial charge is 0.357 e. The Morgan fingerprint density at radius 3 is 2.54 bits per heavy atom. The molecule has 0 bridgehead atoms. The molecule has 1 saturated carbocycles. The Morgan fingerprint density at radius 2 is 2.04 bits per heavy atom. The fourth-order valence-electron chi connectivity index (χ4n) is 2.67. The highest BCUT2D eigenvalue weighted by Gasteiger charge is 2.30. The van der Waals surface area contributed by atoms with E-state index in [1.54, 1.807) is 11.3 Å². The van der Waals surface area contributed by atoms with E-state index in [1.807, 2.05) is 0 Å². The van der Waals surface area contributed by atoms with Crippen LogP contribution in [0.3, 0.4) is 0 Å². The van der Waals surface area contributed by atoms with Crippen molar-refractivity contribution in [3.05, 3.63) is 15.6 Å². The summed E-state index contributed by atoms with van der Waals surface area (Å²) in [6.45, 7) is 14.3. The van der Waals surface area contributed by atoms with Gasteiger partial charge in [-0.2, -0.15) is 0 Å². The van der Waals surface area contributed by atoms with Crippen LogP contribution in [0.1, 0.15) is 49.2 Å². The van der Waals surface area contributed by atoms with Crippen molar-refractivity contribution in [2.24, 2.45) is 4.99 Å². The number of nitrogens with one attached hydrogen (secondary N) is 2. The van der Waals surface area contributed by atoms with Gasteiger partial charge in [0, 0.05) is 36.6 Å². The quantitative estimate of drug-likeness (QED) is 0.352. The molecule has 24 heavy (non-hydrogen) atoms. The van der Waals surface area contributed by atoms with Crippen LogP contribution in [0.15, 0.2) is 4.99 Å². The minimum Gasteiger partial charge on any atom is -0.357 e. The molecule has 1 aliphatic rings. The van der Waals surface area contributed by atoms with Gasteiger partial charge >= 0.3 is 0 Å². The summed E-state index contributed by atoms with van der Waals surface area (Å²) >= 11 is 1.74. The van der Waals surface area contributed by atoms with Crippen LogP contribution in [0, 0.1) is 13.8 Å². The summed E-state index contributed by atoms with van der Waals surface area (Å²) < 4.78 is 0. The number of thiazole rings is 1. The molecule has 0 aromatic carbocycles. The monoisotopic (exact) mass is 465 g/mol. The fraction of sp³-hybridized carbons (Fsp3) is 0.765. The predicted octanol–water partition coefficient (Wildman–Crippen LogP) is 3.31. The summed E-state index contributed by atoms with van der Waals surface area (Å²) in [5.74, 6) is 0.887. The standard InChI is InChI=1S/C17H31N5S.HI/c1-6-18-17(20-11-16-21-13(4)14(5)23-16)19-9-10-22(12(2)3)15-7-8-15;/h12,15H,6-11H2,1-5H3,(H2,18,19,20);1H. The topological polar surface area (TPSA) is 52.6 Å². The molecule has 0 amide bonds. The molecule has 0 unspecified atom stereocenters. The smallest absolute Gasteiger partial charge is 0.191 e. The number of rotatable bonds is 8. The Labute approximate surface area is 167 Å². The Bertz CT molecular complexity index is 504. The van der Waals surface area contributed by atoms with Gasteiger partial charge in [0.05, 0.1) is 12.2 Å². The van der Waals surface area contributed by atoms with Crippen LogP contribution in [-0.2, 0) is 6.54 Å². The molecule has 2 N–H and O–H groups in total. The highest BCUT2D eigenvalue weighted by Crippen LogP contribution is 2.27. The van der Waals surface area contributed by atoms with Crippen molar-refractivity contribution < 1.29 is 0 Å². The zero-order valence-corrected chi connectivity index (χ0v) is 18.7. The number of aromatic nitrogens is 1. The molecule has 1 aliphatic carbocycles. The first-order valence-corrected chi connectivity index (χ1v) is 9.53. The lowest BCUT2D eigenvalue weighted by atomic mass is 10.3. The molecule has 1 heterocycles. The average molecular weight is 465 g/mol. The summed E-state index contributed by atoms with van der Waals surface area (Å²) in [5.41, 5.74) is 1.12. The average Bonchev–Trinajstić information content (AvgIpc) is 3.27. The van der Waals surface area contributed by atoms with E-state index < -0.39 is 0 Å². The van der Waals surface area contributed by atoms with Crippen molar-refractivity contribution in [1.29, 1.82) is 0 Å². The molecule has 2 rings (SSSR count). The van der Waals surface area contributed by atoms with Gasteiger partial charge in [0.1, 0.15) is 5.01 Å². The van der Waals surface area contributed by atoms with Crippen molar-refractivity contribution in [1.82, 2.24) is 20.5 Å². The van der Waals surface area contributed by atoms with Crippen LogP contribution in [0.5, 0.6) is 0 Å². The zero-order chi connectivity index (χ0) is 16.8. The van der Waals surface area contributed by atoms with Gasteiger partial charge in [0.25, 0.3) is 0 Å². The Hall–Kier alpha value is -0.410. The van der Waals surface area contributed by atoms with Gasteiger partial charge in [0.15, 0.2) is 5.96 Å². The molecule has 7 heteroatoms. The number of halogens is 1. The lowest BCUT2D eigenvalue weighted by Crippen LogP contribution is -2.43. The molecule has 0 spiro atoms. The van der Waals surface area contributed by atoms with E-state index in [0.29, 0.717) is 12.6 Å². The predicted molar refractivity (Wildman–Crippen MR) is 115 cm³/mol. The van der Waals surface area contributed by atoms with Crippen molar-refractivity contribution >= 4 is 41.3 Å². The summed E-state index contributed by atoms with van der Waals surface area (Å²) in [6.07, 6.45) is 2.71. The molecule has 0 radical (unpaired) electrons. The van der Waals surface area contributed by atoms with Crippen molar-refractivity contribution in [2.45, 2.75) is 66.1 Å². The van der Waals surface area contributed by atoms with Crippen LogP contribution >= 0.6 is 35.3 Å². The second-order valence-corrected chi connectivity index (χ2v) is 7.72. The third-order valence-corrected chi connectivity index (χ3v) is 5.19. The summed E-state index contributed by atoms with van der Waals surface area (Å²) in [5, 5.41) is 7.86. The Kier molecular flexibility index (Phi) is 9.51. The lowest BCUT2D eigenvalue weighted by molar-refractivity contribution is 0.215. The second-order valence-electron chi connectivity index (χ2n) is 6.43. The fourth-order valence-corrected chi connectivity index (χ4v) is 3.53. The zero-order valence-electron chi connectivity index (χ0n) is 15.6. The van der Waals surface area contributed by atoms with Gasteiger partial charge in [-0.25, -0.2) is 9.98 Å². The van der Waals surface area contributed by atoms with Crippen LogP contribution in [0.25, 0.3) is 0 Å². The van der Waals surface area contributed by atoms with Crippen molar-refractivity contribution in [3.63, 3.8) is 0 Å². The maximum Gasteiger partial charge on any atom is 0.191 e. The Morgan fingerprint density at radius 1 is 1.33 bits per heavy atom. The van der Waals surface area contributed by atoms with Crippen LogP contribution in [0.4, 0.5) is 0 Å². The van der Waals surface area contributed by atoms with Gasteiger partial charge in [0.2, 0.25) is 0 Å². The first-order chi connectivity index (χ1) is 11.0. The molecule has 5 nitrogen and oxygen atoms in total. The SMILES string of the molecule is CCNC(=NCc1nc(C)c(C)s1)NCCN(C(C)C)C1CC1.I. The second kappa shape index (κ2) is 10.6. The molecular weight excluding hydrogens is 433 g/mol. The van der Waals surface area contributed by atoms with E-state index in [9.17, 15) is 0 Å². The highest BCUT2D eigenvalue weighted by molar-refractivity contribution is 14.0. The van der Waals surface area contributed by atoms with E-state index in [1.165, 1.54) is 17.7 Å². The van der Waals surface area contributed by atoms with Crippen LogP contribution in [0.2, 0.25) is 0 Å². The molecule has 138 valence electrons. The summed E-state index contributed by atoms with van der Waals surface area (Å²) in [4.78, 5) is 13.1. The van der Waals surface area contributed by atoms with E-state index in [2.05, 4.69) is 60.1 Å². The molecular formula is C17H32IN5S. The van der Waals surface area contributed by atoms with Gasteiger partial charge in [-0.15, -0.1) is 35.3 Å². The molecule has 0 aliphatic heterocycles. The van der Waals surface area contributed by atoms with E-state index in [0.717, 1.165) is 42.3 Å². The van der Waals surface area contributed by atoms with Crippen LogP contribution in [-0.4, -0.2) is 47.6 Å².